The highest BCUT2D eigenvalue weighted by Gasteiger charge is 2.22. The molecule has 0 saturated carbocycles. The Morgan fingerprint density at radius 3 is 2.38 bits per heavy atom. The van der Waals surface area contributed by atoms with Crippen LogP contribution in [0.4, 0.5) is 5.69 Å². The molecular formula is C11H12N2O7S. The predicted octanol–water partition coefficient (Wildman–Crippen LogP) is 1.18. The predicted molar refractivity (Wildman–Crippen MR) is 70.8 cm³/mol. The van der Waals surface area contributed by atoms with Crippen molar-refractivity contribution < 1.29 is 27.4 Å². The van der Waals surface area contributed by atoms with E-state index in [1.807, 2.05) is 0 Å². The van der Waals surface area contributed by atoms with Crippen LogP contribution in [0.1, 0.15) is 13.3 Å². The van der Waals surface area contributed by atoms with Gasteiger partial charge in [0.2, 0.25) is 0 Å². The number of nitro groups is 1. The molecule has 0 aliphatic heterocycles. The van der Waals surface area contributed by atoms with E-state index in [1.165, 1.54) is 6.92 Å². The lowest BCUT2D eigenvalue weighted by atomic mass is 10.2. The lowest BCUT2D eigenvalue weighted by Crippen LogP contribution is -2.22. The Balaban J connectivity index is 2.84. The average Bonchev–Trinajstić information content (AvgIpc) is 2.37. The molecule has 9 nitrogen and oxygen atoms in total. The van der Waals surface area contributed by atoms with Gasteiger partial charge in [0.15, 0.2) is 0 Å². The zero-order chi connectivity index (χ0) is 16.2. The molecule has 0 saturated heterocycles. The Morgan fingerprint density at radius 2 is 1.95 bits per heavy atom. The molecule has 1 rings (SSSR count). The SMILES string of the molecule is CC(CC(=N)C(=O)O)OS(=O)(=O)c1ccc([N+](=O)[O-])cc1. The third-order valence-electron chi connectivity index (χ3n) is 2.38. The second kappa shape index (κ2) is 6.41. The van der Waals surface area contributed by atoms with Crippen LogP contribution < -0.4 is 0 Å². The summed E-state index contributed by atoms with van der Waals surface area (Å²) < 4.78 is 28.5. The Labute approximate surface area is 119 Å². The van der Waals surface area contributed by atoms with Crippen molar-refractivity contribution in [1.29, 1.82) is 5.41 Å². The van der Waals surface area contributed by atoms with Crippen LogP contribution >= 0.6 is 0 Å². The van der Waals surface area contributed by atoms with E-state index in [0.29, 0.717) is 0 Å². The van der Waals surface area contributed by atoms with Crippen molar-refractivity contribution in [3.8, 4) is 0 Å². The number of benzene rings is 1. The molecule has 0 spiro atoms. The summed E-state index contributed by atoms with van der Waals surface area (Å²) in [7, 11) is -4.19. The zero-order valence-corrected chi connectivity index (χ0v) is 11.7. The fourth-order valence-electron chi connectivity index (χ4n) is 1.42. The van der Waals surface area contributed by atoms with E-state index in [-0.39, 0.29) is 17.0 Å². The number of non-ortho nitro benzene ring substituents is 1. The van der Waals surface area contributed by atoms with E-state index in [9.17, 15) is 23.3 Å². The molecule has 0 fully saturated rings. The minimum atomic E-state index is -4.19. The molecule has 1 atom stereocenters. The maximum Gasteiger partial charge on any atom is 0.349 e. The first-order valence-corrected chi connectivity index (χ1v) is 7.03. The monoisotopic (exact) mass is 316 g/mol. The van der Waals surface area contributed by atoms with Crippen molar-refractivity contribution >= 4 is 27.5 Å². The normalized spacial score (nSPS) is 12.6. The number of nitro benzene ring substituents is 1. The Hall–Kier alpha value is -2.33. The van der Waals surface area contributed by atoms with Gasteiger partial charge in [0.1, 0.15) is 5.71 Å². The number of carboxylic acids is 1. The van der Waals surface area contributed by atoms with Gasteiger partial charge in [0.05, 0.1) is 15.9 Å². The van der Waals surface area contributed by atoms with Crippen LogP contribution in [0.25, 0.3) is 0 Å². The molecule has 10 heteroatoms. The minimum absolute atomic E-state index is 0.269. The second-order valence-electron chi connectivity index (χ2n) is 4.10. The molecule has 2 N–H and O–H groups in total. The summed E-state index contributed by atoms with van der Waals surface area (Å²) in [5.74, 6) is -1.46. The quantitative estimate of drug-likeness (QED) is 0.332. The summed E-state index contributed by atoms with van der Waals surface area (Å²) in [6.45, 7) is 1.31. The van der Waals surface area contributed by atoms with Gasteiger partial charge < -0.3 is 5.11 Å². The van der Waals surface area contributed by atoms with E-state index in [0.717, 1.165) is 24.3 Å². The molecule has 0 bridgehead atoms. The van der Waals surface area contributed by atoms with Gasteiger partial charge in [-0.25, -0.2) is 4.79 Å². The molecule has 1 aromatic rings. The number of hydrogen-bond donors (Lipinski definition) is 2. The maximum atomic E-state index is 11.9. The molecule has 1 unspecified atom stereocenters. The van der Waals surface area contributed by atoms with E-state index in [2.05, 4.69) is 0 Å². The van der Waals surface area contributed by atoms with Crippen LogP contribution in [-0.4, -0.2) is 36.2 Å². The van der Waals surface area contributed by atoms with Crippen LogP contribution in [0.5, 0.6) is 0 Å². The van der Waals surface area contributed by atoms with Crippen LogP contribution in [0.2, 0.25) is 0 Å². The second-order valence-corrected chi connectivity index (χ2v) is 5.67. The van der Waals surface area contributed by atoms with E-state index < -0.39 is 32.8 Å². The molecule has 0 radical (unpaired) electrons. The highest BCUT2D eigenvalue weighted by atomic mass is 32.2. The first kappa shape index (κ1) is 16.7. The highest BCUT2D eigenvalue weighted by molar-refractivity contribution is 7.86. The van der Waals surface area contributed by atoms with Gasteiger partial charge in [0.25, 0.3) is 15.8 Å². The molecule has 0 aliphatic rings. The standard InChI is InChI=1S/C11H12N2O7S/c1-7(6-10(12)11(14)15)20-21(18,19)9-4-2-8(3-5-9)13(16)17/h2-5,7,12H,6H2,1H3,(H,14,15). The van der Waals surface area contributed by atoms with Gasteiger partial charge in [-0.05, 0) is 19.1 Å². The van der Waals surface area contributed by atoms with Crippen LogP contribution in [-0.2, 0) is 19.1 Å². The van der Waals surface area contributed by atoms with Gasteiger partial charge in [0, 0.05) is 18.6 Å². The van der Waals surface area contributed by atoms with Gasteiger partial charge in [-0.3, -0.25) is 19.7 Å². The highest BCUT2D eigenvalue weighted by Crippen LogP contribution is 2.19. The van der Waals surface area contributed by atoms with Crippen molar-refractivity contribution in [1.82, 2.24) is 0 Å². The molecular weight excluding hydrogens is 304 g/mol. The molecule has 0 amide bonds. The largest absolute Gasteiger partial charge is 0.477 e. The zero-order valence-electron chi connectivity index (χ0n) is 10.8. The molecule has 0 aliphatic carbocycles. The van der Waals surface area contributed by atoms with Crippen LogP contribution in [0.3, 0.4) is 0 Å². The van der Waals surface area contributed by atoms with Crippen molar-refractivity contribution in [2.45, 2.75) is 24.3 Å². The van der Waals surface area contributed by atoms with Gasteiger partial charge in [-0.1, -0.05) is 0 Å². The third kappa shape index (κ3) is 4.61. The summed E-state index contributed by atoms with van der Waals surface area (Å²) in [4.78, 5) is 20.0. The van der Waals surface area contributed by atoms with Crippen molar-refractivity contribution in [3.63, 3.8) is 0 Å². The lowest BCUT2D eigenvalue weighted by molar-refractivity contribution is -0.384. The van der Waals surface area contributed by atoms with Crippen molar-refractivity contribution in [2.75, 3.05) is 0 Å². The first-order chi connectivity index (χ1) is 9.63. The summed E-state index contributed by atoms with van der Waals surface area (Å²) >= 11 is 0. The van der Waals surface area contributed by atoms with E-state index in [4.69, 9.17) is 14.7 Å². The topological polar surface area (TPSA) is 148 Å². The Kier molecular flexibility index (Phi) is 5.11. The van der Waals surface area contributed by atoms with Crippen molar-refractivity contribution in [3.05, 3.63) is 34.4 Å². The molecule has 114 valence electrons. The minimum Gasteiger partial charge on any atom is -0.477 e. The number of rotatable bonds is 7. The Bertz CT molecular complexity index is 666. The number of hydrogen-bond acceptors (Lipinski definition) is 7. The first-order valence-electron chi connectivity index (χ1n) is 5.62. The number of carbonyl (C=O) groups is 1. The third-order valence-corrected chi connectivity index (χ3v) is 3.81. The van der Waals surface area contributed by atoms with Crippen LogP contribution in [0, 0.1) is 15.5 Å². The van der Waals surface area contributed by atoms with E-state index >= 15 is 0 Å². The fourth-order valence-corrected chi connectivity index (χ4v) is 2.50. The average molecular weight is 316 g/mol. The van der Waals surface area contributed by atoms with E-state index in [1.54, 1.807) is 0 Å². The van der Waals surface area contributed by atoms with Crippen molar-refractivity contribution in [2.24, 2.45) is 0 Å². The number of aliphatic carboxylic acids is 1. The van der Waals surface area contributed by atoms with Gasteiger partial charge in [-0.2, -0.15) is 8.42 Å². The van der Waals surface area contributed by atoms with Gasteiger partial charge in [-0.15, -0.1) is 0 Å². The molecule has 21 heavy (non-hydrogen) atoms. The Morgan fingerprint density at radius 1 is 1.43 bits per heavy atom. The summed E-state index contributed by atoms with van der Waals surface area (Å²) in [6.07, 6.45) is -1.43. The molecule has 0 aromatic heterocycles. The maximum absolute atomic E-state index is 11.9. The lowest BCUT2D eigenvalue weighted by Gasteiger charge is -2.12. The van der Waals surface area contributed by atoms with Gasteiger partial charge >= 0.3 is 5.97 Å². The number of nitrogens with zero attached hydrogens (tertiary/aromatic N) is 1. The molecule has 1 aromatic carbocycles. The smallest absolute Gasteiger partial charge is 0.349 e. The summed E-state index contributed by atoms with van der Waals surface area (Å²) in [5.41, 5.74) is -0.948. The summed E-state index contributed by atoms with van der Waals surface area (Å²) in [5, 5.41) is 26.1. The fraction of sp³-hybridized carbons (Fsp3) is 0.273. The summed E-state index contributed by atoms with van der Waals surface area (Å²) in [6, 6.07) is 4.06. The van der Waals surface area contributed by atoms with Crippen LogP contribution in [0.15, 0.2) is 29.2 Å². The number of nitrogens with one attached hydrogen (secondary N) is 1. The molecule has 0 heterocycles. The number of carboxylic acid groups (broad SMARTS) is 1.